The summed E-state index contributed by atoms with van der Waals surface area (Å²) in [6.45, 7) is 7.56. The number of rotatable bonds is 15. The number of carbonyl (C=O) groups is 1. The Morgan fingerprint density at radius 2 is 1.58 bits per heavy atom. The smallest absolute Gasteiger partial charge is 0.410 e. The fourth-order valence-corrected chi connectivity index (χ4v) is 3.83. The second-order valence-electron chi connectivity index (χ2n) is 9.35. The average Bonchev–Trinajstić information content (AvgIpc) is 2.75. The number of methoxy groups -OCH3 is 2. The molecule has 0 aromatic rings. The predicted molar refractivity (Wildman–Crippen MR) is 125 cm³/mol. The maximum absolute atomic E-state index is 13.2. The van der Waals surface area contributed by atoms with E-state index in [0.717, 1.165) is 19.3 Å². The van der Waals surface area contributed by atoms with Gasteiger partial charge < -0.3 is 33.9 Å². The first-order chi connectivity index (χ1) is 15.7. The highest BCUT2D eigenvalue weighted by Crippen LogP contribution is 2.30. The Hall–Kier alpha value is -1.23. The molecule has 0 saturated heterocycles. The van der Waals surface area contributed by atoms with Crippen molar-refractivity contribution >= 4 is 6.09 Å². The van der Waals surface area contributed by atoms with Crippen molar-refractivity contribution in [3.8, 4) is 0 Å². The third-order valence-electron chi connectivity index (χ3n) is 5.42. The molecule has 194 valence electrons. The van der Waals surface area contributed by atoms with Crippen LogP contribution in [-0.2, 0) is 23.7 Å². The second-order valence-corrected chi connectivity index (χ2v) is 9.35. The Morgan fingerprint density at radius 3 is 2.12 bits per heavy atom. The normalized spacial score (nSPS) is 23.3. The first-order valence-electron chi connectivity index (χ1n) is 11.9. The molecule has 0 heterocycles. The summed E-state index contributed by atoms with van der Waals surface area (Å²) in [5.74, 6) is 0. The first-order valence-corrected chi connectivity index (χ1v) is 11.9. The Bertz CT molecular complexity index is 577. The van der Waals surface area contributed by atoms with Crippen LogP contribution in [0.5, 0.6) is 0 Å². The summed E-state index contributed by atoms with van der Waals surface area (Å²) < 4.78 is 27.5. The van der Waals surface area contributed by atoms with Crippen molar-refractivity contribution in [1.82, 2.24) is 4.90 Å². The van der Waals surface area contributed by atoms with Gasteiger partial charge in [0, 0.05) is 20.8 Å². The molecule has 0 aromatic heterocycles. The number of amides is 1. The molecule has 0 fully saturated rings. The number of ether oxygens (including phenoxy) is 5. The highest BCUT2D eigenvalue weighted by Gasteiger charge is 2.45. The molecule has 0 spiro atoms. The number of carbonyl (C=O) groups excluding carboxylic acids is 1. The predicted octanol–water partition coefficient (Wildman–Crippen LogP) is 3.22. The van der Waals surface area contributed by atoms with Gasteiger partial charge in [0.05, 0.1) is 12.6 Å². The van der Waals surface area contributed by atoms with Gasteiger partial charge in [0.1, 0.15) is 37.5 Å². The summed E-state index contributed by atoms with van der Waals surface area (Å²) in [6, 6.07) is -0.627. The zero-order valence-corrected chi connectivity index (χ0v) is 21.2. The van der Waals surface area contributed by atoms with E-state index >= 15 is 0 Å². The van der Waals surface area contributed by atoms with E-state index in [4.69, 9.17) is 23.7 Å². The molecular weight excluding hydrogens is 430 g/mol. The Kier molecular flexibility index (Phi) is 14.1. The molecule has 2 N–H and O–H groups in total. The highest BCUT2D eigenvalue weighted by atomic mass is 16.7. The van der Waals surface area contributed by atoms with Gasteiger partial charge in [-0.25, -0.2) is 4.79 Å². The van der Waals surface area contributed by atoms with Crippen molar-refractivity contribution in [3.63, 3.8) is 0 Å². The van der Waals surface area contributed by atoms with Gasteiger partial charge in [-0.1, -0.05) is 45.1 Å². The molecular formula is C24H45NO8. The minimum atomic E-state index is -1.11. The maximum atomic E-state index is 13.2. The molecule has 4 atom stereocenters. The zero-order chi connectivity index (χ0) is 24.9. The SMILES string of the molecule is CCCCCCCCN(C(=O)OC(C)(C)C)[C@@H]1C=C(CO)[C@H](O)C(OCOC)C1OCOC. The molecule has 0 aromatic carbocycles. The molecule has 0 saturated carbocycles. The van der Waals surface area contributed by atoms with Crippen LogP contribution in [0.3, 0.4) is 0 Å². The summed E-state index contributed by atoms with van der Waals surface area (Å²) in [5.41, 5.74) is -0.321. The molecule has 0 bridgehead atoms. The van der Waals surface area contributed by atoms with Crippen LogP contribution < -0.4 is 0 Å². The van der Waals surface area contributed by atoms with Gasteiger partial charge in [-0.3, -0.25) is 4.90 Å². The second kappa shape index (κ2) is 15.6. The number of unbranched alkanes of at least 4 members (excludes halogenated alkanes) is 5. The molecule has 33 heavy (non-hydrogen) atoms. The lowest BCUT2D eigenvalue weighted by molar-refractivity contribution is -0.195. The van der Waals surface area contributed by atoms with E-state index < -0.39 is 36.0 Å². The van der Waals surface area contributed by atoms with Gasteiger partial charge in [-0.15, -0.1) is 0 Å². The van der Waals surface area contributed by atoms with Crippen molar-refractivity contribution in [2.24, 2.45) is 0 Å². The highest BCUT2D eigenvalue weighted by molar-refractivity contribution is 5.69. The minimum Gasteiger partial charge on any atom is -0.444 e. The summed E-state index contributed by atoms with van der Waals surface area (Å²) in [5, 5.41) is 20.7. The fraction of sp³-hybridized carbons (Fsp3) is 0.875. The molecule has 9 nitrogen and oxygen atoms in total. The number of nitrogens with zero attached hydrogens (tertiary/aromatic N) is 1. The van der Waals surface area contributed by atoms with E-state index in [1.165, 1.54) is 33.5 Å². The van der Waals surface area contributed by atoms with Crippen LogP contribution in [0.2, 0.25) is 0 Å². The first kappa shape index (κ1) is 29.8. The van der Waals surface area contributed by atoms with Crippen LogP contribution >= 0.6 is 0 Å². The van der Waals surface area contributed by atoms with Crippen molar-refractivity contribution in [2.45, 2.75) is 96.2 Å². The molecule has 0 aliphatic heterocycles. The Labute approximate surface area is 199 Å². The molecule has 9 heteroatoms. The summed E-state index contributed by atoms with van der Waals surface area (Å²) in [4.78, 5) is 14.8. The average molecular weight is 476 g/mol. The molecule has 1 aliphatic rings. The summed E-state index contributed by atoms with van der Waals surface area (Å²) >= 11 is 0. The van der Waals surface area contributed by atoms with E-state index in [1.807, 2.05) is 20.8 Å². The van der Waals surface area contributed by atoms with E-state index in [-0.39, 0.29) is 20.2 Å². The van der Waals surface area contributed by atoms with Crippen LogP contribution in [0, 0.1) is 0 Å². The van der Waals surface area contributed by atoms with Gasteiger partial charge in [0.15, 0.2) is 0 Å². The van der Waals surface area contributed by atoms with Crippen molar-refractivity contribution in [3.05, 3.63) is 11.6 Å². The van der Waals surface area contributed by atoms with Crippen LogP contribution in [0.15, 0.2) is 11.6 Å². The standard InChI is InChI=1S/C24H45NO8/c1-7-8-9-10-11-12-13-25(23(28)33-24(2,3)4)19-14-18(15-26)20(27)22(32-17-30-6)21(19)31-16-29-5/h14,19-22,26-27H,7-13,15-17H2,1-6H3/t19-,20+,21?,22?/m1/s1. The number of hydrogen-bond acceptors (Lipinski definition) is 8. The molecule has 1 aliphatic carbocycles. The van der Waals surface area contributed by atoms with Crippen LogP contribution in [0.4, 0.5) is 4.79 Å². The minimum absolute atomic E-state index is 0.0534. The van der Waals surface area contributed by atoms with Crippen molar-refractivity contribution in [1.29, 1.82) is 0 Å². The summed E-state index contributed by atoms with van der Waals surface area (Å²) in [7, 11) is 2.97. The number of aliphatic hydroxyl groups is 2. The Morgan fingerprint density at radius 1 is 1.00 bits per heavy atom. The lowest BCUT2D eigenvalue weighted by Crippen LogP contribution is -2.59. The van der Waals surface area contributed by atoms with E-state index in [1.54, 1.807) is 11.0 Å². The lowest BCUT2D eigenvalue weighted by atomic mass is 9.87. The van der Waals surface area contributed by atoms with E-state index in [2.05, 4.69) is 6.92 Å². The van der Waals surface area contributed by atoms with Crippen LogP contribution in [0.25, 0.3) is 0 Å². The van der Waals surface area contributed by atoms with Gasteiger partial charge >= 0.3 is 6.09 Å². The maximum Gasteiger partial charge on any atom is 0.410 e. The molecule has 2 unspecified atom stereocenters. The zero-order valence-electron chi connectivity index (χ0n) is 21.2. The fourth-order valence-electron chi connectivity index (χ4n) is 3.83. The third kappa shape index (κ3) is 10.3. The monoisotopic (exact) mass is 475 g/mol. The molecule has 1 rings (SSSR count). The van der Waals surface area contributed by atoms with Crippen LogP contribution in [-0.4, -0.2) is 92.1 Å². The van der Waals surface area contributed by atoms with Gasteiger partial charge in [0.2, 0.25) is 0 Å². The molecule has 0 radical (unpaired) electrons. The van der Waals surface area contributed by atoms with E-state index in [0.29, 0.717) is 12.1 Å². The number of hydrogen-bond donors (Lipinski definition) is 2. The van der Waals surface area contributed by atoms with Gasteiger partial charge in [-0.2, -0.15) is 0 Å². The van der Waals surface area contributed by atoms with Gasteiger partial charge in [-0.05, 0) is 32.8 Å². The largest absolute Gasteiger partial charge is 0.444 e. The topological polar surface area (TPSA) is 107 Å². The summed E-state index contributed by atoms with van der Waals surface area (Å²) in [6.07, 6.45) is 4.88. The lowest BCUT2D eigenvalue weighted by Gasteiger charge is -2.43. The quantitative estimate of drug-likeness (QED) is 0.211. The third-order valence-corrected chi connectivity index (χ3v) is 5.42. The Balaban J connectivity index is 3.21. The van der Waals surface area contributed by atoms with Crippen molar-refractivity contribution < 1.29 is 38.7 Å². The van der Waals surface area contributed by atoms with Gasteiger partial charge in [0.25, 0.3) is 0 Å². The molecule has 1 amide bonds. The van der Waals surface area contributed by atoms with E-state index in [9.17, 15) is 15.0 Å². The number of aliphatic hydroxyl groups excluding tert-OH is 2. The van der Waals surface area contributed by atoms with Crippen LogP contribution in [0.1, 0.15) is 66.2 Å². The van der Waals surface area contributed by atoms with Crippen molar-refractivity contribution in [2.75, 3.05) is 41.0 Å².